The molecular weight excluding hydrogens is 134 g/mol. The van der Waals surface area contributed by atoms with E-state index in [1.807, 2.05) is 6.26 Å². The van der Waals surface area contributed by atoms with Crippen molar-refractivity contribution >= 4 is 12.0 Å². The summed E-state index contributed by atoms with van der Waals surface area (Å²) in [4.78, 5) is 0. The smallest absolute Gasteiger partial charge is 0.0746 e. The lowest BCUT2D eigenvalue weighted by atomic mass is 10.1. The minimum Gasteiger partial charge on any atom is -0.317 e. The molecule has 54 valence electrons. The molecule has 0 aromatic rings. The van der Waals surface area contributed by atoms with Gasteiger partial charge in [-0.3, -0.25) is 0 Å². The first-order valence-corrected chi connectivity index (χ1v) is 4.48. The summed E-state index contributed by atoms with van der Waals surface area (Å²) < 4.78 is 5.36. The molecule has 9 heavy (non-hydrogen) atoms. The Labute approximate surface area is 60.6 Å². The quantitative estimate of drug-likeness (QED) is 0.589. The fourth-order valence-corrected chi connectivity index (χ4v) is 1.49. The van der Waals surface area contributed by atoms with E-state index in [1.54, 1.807) is 0 Å². The maximum atomic E-state index is 5.36. The number of rotatable bonds is 2. The molecule has 1 N–H and O–H groups in total. The summed E-state index contributed by atoms with van der Waals surface area (Å²) in [6.45, 7) is 2.23. The molecule has 0 spiro atoms. The highest BCUT2D eigenvalue weighted by Crippen LogP contribution is 2.12. The van der Waals surface area contributed by atoms with E-state index in [9.17, 15) is 0 Å². The molecule has 0 aromatic carbocycles. The molecule has 0 bridgehead atoms. The Morgan fingerprint density at radius 3 is 2.67 bits per heavy atom. The molecule has 0 aromatic heterocycles. The number of piperidine rings is 1. The number of hydrogen-bond acceptors (Lipinski definition) is 3. The van der Waals surface area contributed by atoms with Crippen LogP contribution in [0.5, 0.6) is 0 Å². The number of nitrogens with one attached hydrogen (secondary N) is 1. The standard InChI is InChI=1S/C6H13NOS/c1-9-8-6-2-4-7-5-3-6/h6-7H,2-5H2,1H3. The third kappa shape index (κ3) is 2.56. The van der Waals surface area contributed by atoms with E-state index in [2.05, 4.69) is 5.32 Å². The molecule has 1 aliphatic heterocycles. The van der Waals surface area contributed by atoms with E-state index in [1.165, 1.54) is 24.9 Å². The second kappa shape index (κ2) is 4.14. The largest absolute Gasteiger partial charge is 0.317 e. The van der Waals surface area contributed by atoms with Crippen molar-refractivity contribution in [1.29, 1.82) is 0 Å². The van der Waals surface area contributed by atoms with Gasteiger partial charge in [-0.1, -0.05) is 0 Å². The van der Waals surface area contributed by atoms with Gasteiger partial charge in [0.05, 0.1) is 6.10 Å². The minimum absolute atomic E-state index is 0.501. The monoisotopic (exact) mass is 147 g/mol. The average molecular weight is 147 g/mol. The molecular formula is C6H13NOS. The van der Waals surface area contributed by atoms with Gasteiger partial charge in [0.1, 0.15) is 0 Å². The first-order chi connectivity index (χ1) is 4.43. The van der Waals surface area contributed by atoms with E-state index in [0.717, 1.165) is 13.1 Å². The summed E-state index contributed by atoms with van der Waals surface area (Å²) in [5, 5.41) is 3.28. The van der Waals surface area contributed by atoms with Gasteiger partial charge >= 0.3 is 0 Å². The van der Waals surface area contributed by atoms with Crippen LogP contribution in [-0.2, 0) is 4.18 Å². The molecule has 0 atom stereocenters. The van der Waals surface area contributed by atoms with Gasteiger partial charge in [-0.05, 0) is 38.0 Å². The summed E-state index contributed by atoms with van der Waals surface area (Å²) in [5.74, 6) is 0. The fourth-order valence-electron chi connectivity index (χ4n) is 1.03. The predicted molar refractivity (Wildman–Crippen MR) is 40.5 cm³/mol. The normalized spacial score (nSPS) is 22.3. The van der Waals surface area contributed by atoms with Crippen LogP contribution < -0.4 is 5.32 Å². The van der Waals surface area contributed by atoms with Gasteiger partial charge in [0.15, 0.2) is 0 Å². The molecule has 0 unspecified atom stereocenters. The third-order valence-corrected chi connectivity index (χ3v) is 1.98. The first-order valence-electron chi connectivity index (χ1n) is 3.33. The Balaban J connectivity index is 2.08. The Morgan fingerprint density at radius 1 is 1.44 bits per heavy atom. The van der Waals surface area contributed by atoms with Crippen LogP contribution in [0.2, 0.25) is 0 Å². The van der Waals surface area contributed by atoms with Crippen molar-refractivity contribution in [3.63, 3.8) is 0 Å². The summed E-state index contributed by atoms with van der Waals surface area (Å²) in [6.07, 6.45) is 4.81. The zero-order valence-corrected chi connectivity index (χ0v) is 6.54. The van der Waals surface area contributed by atoms with Crippen molar-refractivity contribution < 1.29 is 4.18 Å². The molecule has 1 fully saturated rings. The SMILES string of the molecule is CSOC1CCNCC1. The van der Waals surface area contributed by atoms with E-state index >= 15 is 0 Å². The molecule has 1 rings (SSSR count). The summed E-state index contributed by atoms with van der Waals surface area (Å²) >= 11 is 1.48. The van der Waals surface area contributed by atoms with Gasteiger partial charge in [0.2, 0.25) is 0 Å². The van der Waals surface area contributed by atoms with Crippen LogP contribution >= 0.6 is 12.0 Å². The van der Waals surface area contributed by atoms with E-state index in [0.29, 0.717) is 6.10 Å². The zero-order chi connectivity index (χ0) is 6.53. The molecule has 2 nitrogen and oxygen atoms in total. The molecule has 0 radical (unpaired) electrons. The van der Waals surface area contributed by atoms with Crippen LogP contribution in [0.1, 0.15) is 12.8 Å². The van der Waals surface area contributed by atoms with Gasteiger partial charge in [-0.25, -0.2) is 0 Å². The van der Waals surface area contributed by atoms with E-state index in [4.69, 9.17) is 4.18 Å². The van der Waals surface area contributed by atoms with Crippen LogP contribution in [-0.4, -0.2) is 25.4 Å². The Bertz CT molecular complexity index is 70.7. The molecule has 0 amide bonds. The van der Waals surface area contributed by atoms with Crippen LogP contribution in [0.4, 0.5) is 0 Å². The van der Waals surface area contributed by atoms with Crippen molar-refractivity contribution in [2.45, 2.75) is 18.9 Å². The molecule has 1 aliphatic rings. The van der Waals surface area contributed by atoms with E-state index < -0.39 is 0 Å². The molecule has 0 saturated carbocycles. The lowest BCUT2D eigenvalue weighted by Crippen LogP contribution is -2.31. The lowest BCUT2D eigenvalue weighted by molar-refractivity contribution is 0.195. The predicted octanol–water partition coefficient (Wildman–Crippen LogP) is 1.03. The van der Waals surface area contributed by atoms with E-state index in [-0.39, 0.29) is 0 Å². The second-order valence-corrected chi connectivity index (χ2v) is 2.74. The number of hydrogen-bond donors (Lipinski definition) is 1. The van der Waals surface area contributed by atoms with Crippen LogP contribution in [0.15, 0.2) is 0 Å². The van der Waals surface area contributed by atoms with Crippen molar-refractivity contribution in [1.82, 2.24) is 5.32 Å². The lowest BCUT2D eigenvalue weighted by Gasteiger charge is -2.20. The zero-order valence-electron chi connectivity index (χ0n) is 5.72. The van der Waals surface area contributed by atoms with Gasteiger partial charge in [0, 0.05) is 6.26 Å². The van der Waals surface area contributed by atoms with Crippen LogP contribution in [0.3, 0.4) is 0 Å². The van der Waals surface area contributed by atoms with Crippen LogP contribution in [0.25, 0.3) is 0 Å². The Hall–Kier alpha value is 0.270. The summed E-state index contributed by atoms with van der Waals surface area (Å²) in [5.41, 5.74) is 0. The third-order valence-electron chi connectivity index (χ3n) is 1.52. The topological polar surface area (TPSA) is 21.3 Å². The van der Waals surface area contributed by atoms with Crippen molar-refractivity contribution in [2.75, 3.05) is 19.3 Å². The maximum absolute atomic E-state index is 5.36. The summed E-state index contributed by atoms with van der Waals surface area (Å²) in [6, 6.07) is 0. The summed E-state index contributed by atoms with van der Waals surface area (Å²) in [7, 11) is 0. The van der Waals surface area contributed by atoms with Gasteiger partial charge < -0.3 is 9.50 Å². The highest BCUT2D eigenvalue weighted by atomic mass is 32.2. The maximum Gasteiger partial charge on any atom is 0.0746 e. The highest BCUT2D eigenvalue weighted by Gasteiger charge is 2.11. The van der Waals surface area contributed by atoms with Gasteiger partial charge in [0.25, 0.3) is 0 Å². The van der Waals surface area contributed by atoms with Gasteiger partial charge in [-0.15, -0.1) is 0 Å². The Kier molecular flexibility index (Phi) is 3.40. The molecule has 1 heterocycles. The molecule has 0 aliphatic carbocycles. The Morgan fingerprint density at radius 2 is 2.11 bits per heavy atom. The highest BCUT2D eigenvalue weighted by molar-refractivity contribution is 7.93. The molecule has 1 saturated heterocycles. The van der Waals surface area contributed by atoms with Gasteiger partial charge in [-0.2, -0.15) is 0 Å². The first kappa shape index (κ1) is 7.38. The van der Waals surface area contributed by atoms with Crippen LogP contribution in [0, 0.1) is 0 Å². The second-order valence-electron chi connectivity index (χ2n) is 2.21. The fraction of sp³-hybridized carbons (Fsp3) is 1.00. The average Bonchev–Trinajstić information content (AvgIpc) is 1.91. The van der Waals surface area contributed by atoms with Crippen molar-refractivity contribution in [2.24, 2.45) is 0 Å². The minimum atomic E-state index is 0.501. The van der Waals surface area contributed by atoms with Crippen molar-refractivity contribution in [3.8, 4) is 0 Å². The van der Waals surface area contributed by atoms with Crippen molar-refractivity contribution in [3.05, 3.63) is 0 Å². The molecule has 3 heteroatoms.